The van der Waals surface area contributed by atoms with Gasteiger partial charge in [-0.15, -0.1) is 0 Å². The number of carbonyl (C=O) groups is 1. The van der Waals surface area contributed by atoms with Crippen LogP contribution in [0.25, 0.3) is 11.3 Å². The van der Waals surface area contributed by atoms with Gasteiger partial charge in [-0.3, -0.25) is 10.1 Å². The average molecular weight is 484 g/mol. The normalized spacial score (nSPS) is 10.5. The van der Waals surface area contributed by atoms with Crippen LogP contribution in [0.3, 0.4) is 0 Å². The fourth-order valence-corrected chi connectivity index (χ4v) is 3.10. The second kappa shape index (κ2) is 8.89. The number of hydrogen-bond donors (Lipinski definition) is 2. The first kappa shape index (κ1) is 19.9. The zero-order valence-corrected chi connectivity index (χ0v) is 17.7. The van der Waals surface area contributed by atoms with E-state index in [9.17, 15) is 4.79 Å². The molecule has 0 unspecified atom stereocenters. The highest BCUT2D eigenvalue weighted by Gasteiger charge is 2.13. The highest BCUT2D eigenvalue weighted by Crippen LogP contribution is 2.24. The summed E-state index contributed by atoms with van der Waals surface area (Å²) in [5.74, 6) is 1.00. The quantitative estimate of drug-likeness (QED) is 0.459. The SMILES string of the molecule is O=C(NC(=S)NCc1ccc(-c2ccc(Br)cc2)o1)c1cc(Cl)ccc1Cl. The number of amides is 1. The van der Waals surface area contributed by atoms with Crippen molar-refractivity contribution in [2.24, 2.45) is 0 Å². The molecule has 138 valence electrons. The predicted molar refractivity (Wildman–Crippen MR) is 115 cm³/mol. The fraction of sp³-hybridized carbons (Fsp3) is 0.0526. The van der Waals surface area contributed by atoms with Gasteiger partial charge in [0.05, 0.1) is 17.1 Å². The lowest BCUT2D eigenvalue weighted by Crippen LogP contribution is -2.38. The van der Waals surface area contributed by atoms with E-state index in [-0.39, 0.29) is 10.7 Å². The molecule has 0 spiro atoms. The van der Waals surface area contributed by atoms with Gasteiger partial charge >= 0.3 is 0 Å². The van der Waals surface area contributed by atoms with Gasteiger partial charge in [0.1, 0.15) is 11.5 Å². The molecule has 27 heavy (non-hydrogen) atoms. The zero-order chi connectivity index (χ0) is 19.4. The van der Waals surface area contributed by atoms with Crippen LogP contribution in [0.2, 0.25) is 10.0 Å². The lowest BCUT2D eigenvalue weighted by molar-refractivity contribution is 0.0976. The maximum Gasteiger partial charge on any atom is 0.258 e. The van der Waals surface area contributed by atoms with Gasteiger partial charge < -0.3 is 9.73 Å². The lowest BCUT2D eigenvalue weighted by Gasteiger charge is -2.09. The number of nitrogens with one attached hydrogen (secondary N) is 2. The van der Waals surface area contributed by atoms with Gasteiger partial charge in [-0.1, -0.05) is 51.3 Å². The summed E-state index contributed by atoms with van der Waals surface area (Å²) in [5.41, 5.74) is 1.22. The molecule has 2 N–H and O–H groups in total. The maximum atomic E-state index is 12.2. The second-order valence-electron chi connectivity index (χ2n) is 5.53. The molecule has 0 atom stereocenters. The van der Waals surface area contributed by atoms with Gasteiger partial charge in [-0.2, -0.15) is 0 Å². The van der Waals surface area contributed by atoms with Crippen molar-refractivity contribution in [3.05, 3.63) is 80.4 Å². The highest BCUT2D eigenvalue weighted by atomic mass is 79.9. The summed E-state index contributed by atoms with van der Waals surface area (Å²) in [5, 5.41) is 6.38. The minimum absolute atomic E-state index is 0.164. The number of carbonyl (C=O) groups excluding carboxylic acids is 1. The molecule has 0 saturated carbocycles. The molecule has 3 rings (SSSR count). The first-order chi connectivity index (χ1) is 12.9. The third-order valence-corrected chi connectivity index (χ3v) is 4.95. The highest BCUT2D eigenvalue weighted by molar-refractivity contribution is 9.10. The Kier molecular flexibility index (Phi) is 6.55. The molecule has 3 aromatic rings. The van der Waals surface area contributed by atoms with Crippen molar-refractivity contribution in [2.45, 2.75) is 6.54 Å². The van der Waals surface area contributed by atoms with E-state index in [1.165, 1.54) is 6.07 Å². The minimum Gasteiger partial charge on any atom is -0.459 e. The number of halogens is 3. The second-order valence-corrected chi connectivity index (χ2v) is 7.70. The Hall–Kier alpha value is -1.86. The molecular formula is C19H13BrCl2N2O2S. The minimum atomic E-state index is -0.435. The largest absolute Gasteiger partial charge is 0.459 e. The van der Waals surface area contributed by atoms with Crippen LogP contribution < -0.4 is 10.6 Å². The topological polar surface area (TPSA) is 54.3 Å². The van der Waals surface area contributed by atoms with Crippen molar-refractivity contribution >= 4 is 62.4 Å². The predicted octanol–water partition coefficient (Wildman–Crippen LogP) is 5.82. The van der Waals surface area contributed by atoms with E-state index in [4.69, 9.17) is 39.8 Å². The summed E-state index contributed by atoms with van der Waals surface area (Å²) in [7, 11) is 0. The van der Waals surface area contributed by atoms with Crippen LogP contribution in [0.4, 0.5) is 0 Å². The summed E-state index contributed by atoms with van der Waals surface area (Å²) in [6.45, 7) is 0.332. The average Bonchev–Trinajstić information content (AvgIpc) is 3.11. The van der Waals surface area contributed by atoms with Gasteiger partial charge in [0.15, 0.2) is 5.11 Å². The third-order valence-electron chi connectivity index (χ3n) is 3.61. The molecule has 0 aliphatic heterocycles. The molecule has 8 heteroatoms. The van der Waals surface area contributed by atoms with Gasteiger partial charge in [0.2, 0.25) is 0 Å². The lowest BCUT2D eigenvalue weighted by atomic mass is 10.2. The van der Waals surface area contributed by atoms with Crippen LogP contribution in [0.15, 0.2) is 63.5 Å². The van der Waals surface area contributed by atoms with Crippen LogP contribution in [-0.2, 0) is 6.54 Å². The molecule has 0 aliphatic rings. The summed E-state index contributed by atoms with van der Waals surface area (Å²) in [6.07, 6.45) is 0. The molecule has 1 aromatic heterocycles. The van der Waals surface area contributed by atoms with E-state index in [1.807, 2.05) is 36.4 Å². The fourth-order valence-electron chi connectivity index (χ4n) is 2.30. The van der Waals surface area contributed by atoms with Crippen LogP contribution in [0.1, 0.15) is 16.1 Å². The zero-order valence-electron chi connectivity index (χ0n) is 13.8. The van der Waals surface area contributed by atoms with Gasteiger partial charge in [-0.05, 0) is 54.7 Å². The Morgan fingerprint density at radius 2 is 1.81 bits per heavy atom. The van der Waals surface area contributed by atoms with E-state index in [0.29, 0.717) is 22.4 Å². The van der Waals surface area contributed by atoms with Crippen molar-refractivity contribution < 1.29 is 9.21 Å². The van der Waals surface area contributed by atoms with Crippen LogP contribution >= 0.6 is 51.3 Å². The smallest absolute Gasteiger partial charge is 0.258 e. The van der Waals surface area contributed by atoms with E-state index < -0.39 is 5.91 Å². The van der Waals surface area contributed by atoms with Crippen molar-refractivity contribution in [3.63, 3.8) is 0 Å². The Morgan fingerprint density at radius 3 is 2.56 bits per heavy atom. The third kappa shape index (κ3) is 5.32. The molecule has 0 saturated heterocycles. The maximum absolute atomic E-state index is 12.2. The monoisotopic (exact) mass is 482 g/mol. The Bertz CT molecular complexity index is 990. The number of rotatable bonds is 4. The van der Waals surface area contributed by atoms with Gasteiger partial charge in [0, 0.05) is 15.1 Å². The van der Waals surface area contributed by atoms with E-state index in [2.05, 4.69) is 26.6 Å². The first-order valence-electron chi connectivity index (χ1n) is 7.81. The van der Waals surface area contributed by atoms with Crippen LogP contribution in [0.5, 0.6) is 0 Å². The van der Waals surface area contributed by atoms with E-state index >= 15 is 0 Å². The molecule has 2 aromatic carbocycles. The van der Waals surface area contributed by atoms with Crippen LogP contribution in [-0.4, -0.2) is 11.0 Å². The number of benzene rings is 2. The Balaban J connectivity index is 1.57. The van der Waals surface area contributed by atoms with Crippen molar-refractivity contribution in [1.29, 1.82) is 0 Å². The van der Waals surface area contributed by atoms with E-state index in [0.717, 1.165) is 15.8 Å². The molecule has 4 nitrogen and oxygen atoms in total. The Morgan fingerprint density at radius 1 is 1.07 bits per heavy atom. The number of hydrogen-bond acceptors (Lipinski definition) is 3. The molecule has 0 radical (unpaired) electrons. The Labute approximate surface area is 180 Å². The summed E-state index contributed by atoms with van der Waals surface area (Å²) in [6, 6.07) is 16.2. The molecule has 0 fully saturated rings. The van der Waals surface area contributed by atoms with Gasteiger partial charge in [0.25, 0.3) is 5.91 Å². The molecular weight excluding hydrogens is 471 g/mol. The summed E-state index contributed by atoms with van der Waals surface area (Å²) < 4.78 is 6.80. The van der Waals surface area contributed by atoms with E-state index in [1.54, 1.807) is 12.1 Å². The summed E-state index contributed by atoms with van der Waals surface area (Å²) in [4.78, 5) is 12.2. The van der Waals surface area contributed by atoms with Crippen LogP contribution in [0, 0.1) is 0 Å². The first-order valence-corrected chi connectivity index (χ1v) is 9.77. The molecule has 0 aliphatic carbocycles. The molecule has 0 bridgehead atoms. The van der Waals surface area contributed by atoms with Gasteiger partial charge in [-0.25, -0.2) is 0 Å². The van der Waals surface area contributed by atoms with Crippen molar-refractivity contribution in [2.75, 3.05) is 0 Å². The number of furan rings is 1. The number of thiocarbonyl (C=S) groups is 1. The standard InChI is InChI=1S/C19H13BrCl2N2O2S/c20-12-3-1-11(2-4-12)17-8-6-14(26-17)10-23-19(27)24-18(25)15-9-13(21)5-7-16(15)22/h1-9H,10H2,(H2,23,24,25,27). The van der Waals surface area contributed by atoms with Crippen molar-refractivity contribution in [1.82, 2.24) is 10.6 Å². The van der Waals surface area contributed by atoms with Crippen molar-refractivity contribution in [3.8, 4) is 11.3 Å². The molecule has 1 amide bonds. The molecule has 1 heterocycles. The summed E-state index contributed by atoms with van der Waals surface area (Å²) >= 11 is 20.5.